The first-order chi connectivity index (χ1) is 17.5. The van der Waals surface area contributed by atoms with E-state index in [0.29, 0.717) is 60.6 Å². The number of para-hydroxylation sites is 1. The van der Waals surface area contributed by atoms with E-state index in [9.17, 15) is 9.18 Å². The molecule has 0 aliphatic carbocycles. The highest BCUT2D eigenvalue weighted by atomic mass is 32.1. The molecule has 0 unspecified atom stereocenters. The zero-order valence-corrected chi connectivity index (χ0v) is 21.1. The van der Waals surface area contributed by atoms with Crippen molar-refractivity contribution in [3.8, 4) is 10.9 Å². The van der Waals surface area contributed by atoms with Crippen LogP contribution >= 0.6 is 11.5 Å². The first kappa shape index (κ1) is 23.9. The highest BCUT2D eigenvalue weighted by Gasteiger charge is 2.24. The summed E-state index contributed by atoms with van der Waals surface area (Å²) in [7, 11) is 0. The molecule has 0 spiro atoms. The molecule has 1 fully saturated rings. The van der Waals surface area contributed by atoms with Crippen molar-refractivity contribution in [2.75, 3.05) is 31.1 Å². The number of hydrogen-bond donors (Lipinski definition) is 0. The molecule has 0 atom stereocenters. The van der Waals surface area contributed by atoms with Crippen molar-refractivity contribution >= 4 is 23.1 Å². The molecule has 5 rings (SSSR count). The SMILES string of the molecule is Cc1ccc(Cc2nsc(Oc3cc(C(=O)N4CCN(c5ccccc5F)CC4)ccc3C)n2)cc1. The monoisotopic (exact) mass is 502 g/mol. The van der Waals surface area contributed by atoms with Gasteiger partial charge in [-0.1, -0.05) is 48.0 Å². The number of benzene rings is 3. The van der Waals surface area contributed by atoms with E-state index in [2.05, 4.69) is 40.5 Å². The van der Waals surface area contributed by atoms with Gasteiger partial charge < -0.3 is 14.5 Å². The Morgan fingerprint density at radius 2 is 1.75 bits per heavy atom. The van der Waals surface area contributed by atoms with Crippen LogP contribution in [0.4, 0.5) is 10.1 Å². The Labute approximate surface area is 214 Å². The van der Waals surface area contributed by atoms with Crippen LogP contribution in [0.5, 0.6) is 10.9 Å². The Morgan fingerprint density at radius 3 is 2.50 bits per heavy atom. The topological polar surface area (TPSA) is 58.6 Å². The number of aryl methyl sites for hydroxylation is 2. The highest BCUT2D eigenvalue weighted by Crippen LogP contribution is 2.29. The van der Waals surface area contributed by atoms with Gasteiger partial charge in [0, 0.05) is 49.7 Å². The largest absolute Gasteiger partial charge is 0.430 e. The van der Waals surface area contributed by atoms with Crippen LogP contribution in [0.3, 0.4) is 0 Å². The summed E-state index contributed by atoms with van der Waals surface area (Å²) < 4.78 is 24.6. The number of carbonyl (C=O) groups is 1. The van der Waals surface area contributed by atoms with Gasteiger partial charge in [-0.05, 0) is 49.2 Å². The van der Waals surface area contributed by atoms with Crippen molar-refractivity contribution < 1.29 is 13.9 Å². The Kier molecular flexibility index (Phi) is 6.95. The number of ether oxygens (including phenoxy) is 1. The molecule has 1 aromatic heterocycles. The van der Waals surface area contributed by atoms with E-state index >= 15 is 0 Å². The molecule has 0 bridgehead atoms. The number of hydrogen-bond acceptors (Lipinski definition) is 6. The Bertz CT molecular complexity index is 1360. The Balaban J connectivity index is 1.23. The number of carbonyl (C=O) groups excluding carboxylic acids is 1. The van der Waals surface area contributed by atoms with Gasteiger partial charge in [0.05, 0.1) is 5.69 Å². The van der Waals surface area contributed by atoms with Crippen molar-refractivity contribution in [1.29, 1.82) is 0 Å². The van der Waals surface area contributed by atoms with E-state index in [4.69, 9.17) is 4.74 Å². The van der Waals surface area contributed by atoms with Crippen molar-refractivity contribution in [1.82, 2.24) is 14.3 Å². The van der Waals surface area contributed by atoms with Crippen molar-refractivity contribution in [2.45, 2.75) is 20.3 Å². The maximum absolute atomic E-state index is 14.1. The van der Waals surface area contributed by atoms with Crippen molar-refractivity contribution in [3.63, 3.8) is 0 Å². The minimum absolute atomic E-state index is 0.0645. The number of nitrogens with zero attached hydrogens (tertiary/aromatic N) is 4. The smallest absolute Gasteiger partial charge is 0.298 e. The van der Waals surface area contributed by atoms with Crippen LogP contribution in [-0.2, 0) is 6.42 Å². The van der Waals surface area contributed by atoms with Gasteiger partial charge in [-0.15, -0.1) is 0 Å². The van der Waals surface area contributed by atoms with E-state index in [0.717, 1.165) is 11.1 Å². The standard InChI is InChI=1S/C28H27FN4O2S/c1-19-7-10-21(11-8-19)17-26-30-28(36-31-26)35-25-18-22(12-9-20(25)2)27(34)33-15-13-32(14-16-33)24-6-4-3-5-23(24)29/h3-12,18H,13-17H2,1-2H3. The van der Waals surface area contributed by atoms with E-state index in [1.807, 2.05) is 30.0 Å². The molecule has 0 saturated carbocycles. The molecular formula is C28H27FN4O2S. The molecule has 0 radical (unpaired) electrons. The van der Waals surface area contributed by atoms with Gasteiger partial charge in [-0.25, -0.2) is 4.39 Å². The minimum atomic E-state index is -0.240. The lowest BCUT2D eigenvalue weighted by molar-refractivity contribution is 0.0746. The number of rotatable bonds is 6. The number of halogens is 1. The van der Waals surface area contributed by atoms with Gasteiger partial charge in [0.2, 0.25) is 0 Å². The quantitative estimate of drug-likeness (QED) is 0.342. The molecule has 1 aliphatic heterocycles. The molecule has 1 aliphatic rings. The fourth-order valence-electron chi connectivity index (χ4n) is 4.22. The number of anilines is 1. The predicted octanol–water partition coefficient (Wildman–Crippen LogP) is 5.64. The summed E-state index contributed by atoms with van der Waals surface area (Å²) in [5.41, 5.74) is 4.40. The van der Waals surface area contributed by atoms with Crippen LogP contribution in [0.2, 0.25) is 0 Å². The van der Waals surface area contributed by atoms with Gasteiger partial charge in [-0.2, -0.15) is 9.36 Å². The summed E-state index contributed by atoms with van der Waals surface area (Å²) in [6.45, 7) is 6.20. The third-order valence-corrected chi connectivity index (χ3v) is 6.96. The summed E-state index contributed by atoms with van der Waals surface area (Å²) in [5.74, 6) is 0.988. The summed E-state index contributed by atoms with van der Waals surface area (Å²) in [6.07, 6.45) is 0.635. The maximum atomic E-state index is 14.1. The molecular weight excluding hydrogens is 475 g/mol. The fourth-order valence-corrected chi connectivity index (χ4v) is 4.78. The second kappa shape index (κ2) is 10.5. The van der Waals surface area contributed by atoms with Gasteiger partial charge in [0.15, 0.2) is 5.82 Å². The van der Waals surface area contributed by atoms with Gasteiger partial charge in [-0.3, -0.25) is 4.79 Å². The Hall–Kier alpha value is -3.78. The van der Waals surface area contributed by atoms with Gasteiger partial charge in [0.25, 0.3) is 11.1 Å². The van der Waals surface area contributed by atoms with Crippen LogP contribution in [0.25, 0.3) is 0 Å². The summed E-state index contributed by atoms with van der Waals surface area (Å²) in [5, 5.41) is 0.448. The van der Waals surface area contributed by atoms with Crippen LogP contribution in [0.1, 0.15) is 32.9 Å². The van der Waals surface area contributed by atoms with E-state index < -0.39 is 0 Å². The average molecular weight is 503 g/mol. The highest BCUT2D eigenvalue weighted by molar-refractivity contribution is 7.07. The van der Waals surface area contributed by atoms with Crippen LogP contribution in [0, 0.1) is 19.7 Å². The van der Waals surface area contributed by atoms with Gasteiger partial charge >= 0.3 is 0 Å². The number of piperazine rings is 1. The minimum Gasteiger partial charge on any atom is -0.430 e. The Morgan fingerprint density at radius 1 is 1.00 bits per heavy atom. The molecule has 1 saturated heterocycles. The van der Waals surface area contributed by atoms with Gasteiger partial charge in [0.1, 0.15) is 11.6 Å². The normalized spacial score (nSPS) is 13.6. The van der Waals surface area contributed by atoms with E-state index in [-0.39, 0.29) is 11.7 Å². The average Bonchev–Trinajstić information content (AvgIpc) is 3.33. The lowest BCUT2D eigenvalue weighted by atomic mass is 10.1. The van der Waals surface area contributed by atoms with Crippen LogP contribution in [0.15, 0.2) is 66.7 Å². The summed E-state index contributed by atoms with van der Waals surface area (Å²) in [4.78, 5) is 21.5. The lowest BCUT2D eigenvalue weighted by Gasteiger charge is -2.36. The van der Waals surface area contributed by atoms with E-state index in [1.165, 1.54) is 23.2 Å². The molecule has 6 nitrogen and oxygen atoms in total. The van der Waals surface area contributed by atoms with Crippen LogP contribution < -0.4 is 9.64 Å². The maximum Gasteiger partial charge on any atom is 0.298 e. The van der Waals surface area contributed by atoms with Crippen molar-refractivity contribution in [3.05, 3.63) is 101 Å². The molecule has 36 heavy (non-hydrogen) atoms. The zero-order chi connectivity index (χ0) is 25.1. The third kappa shape index (κ3) is 5.39. The first-order valence-electron chi connectivity index (χ1n) is 11.9. The molecule has 8 heteroatoms. The molecule has 3 aromatic carbocycles. The summed E-state index contributed by atoms with van der Waals surface area (Å²) in [6, 6.07) is 20.5. The molecule has 184 valence electrons. The molecule has 2 heterocycles. The lowest BCUT2D eigenvalue weighted by Crippen LogP contribution is -2.49. The second-order valence-corrected chi connectivity index (χ2v) is 9.67. The number of aromatic nitrogens is 2. The molecule has 4 aromatic rings. The molecule has 0 N–H and O–H groups in total. The zero-order valence-electron chi connectivity index (χ0n) is 20.3. The third-order valence-electron chi connectivity index (χ3n) is 6.32. The molecule has 1 amide bonds. The first-order valence-corrected chi connectivity index (χ1v) is 12.7. The predicted molar refractivity (Wildman–Crippen MR) is 140 cm³/mol. The van der Waals surface area contributed by atoms with E-state index in [1.54, 1.807) is 23.1 Å². The van der Waals surface area contributed by atoms with Crippen LogP contribution in [-0.4, -0.2) is 46.3 Å². The van der Waals surface area contributed by atoms with Crippen molar-refractivity contribution in [2.24, 2.45) is 0 Å². The fraction of sp³-hybridized carbons (Fsp3) is 0.250. The number of amides is 1. The second-order valence-electron chi connectivity index (χ2n) is 8.95. The summed E-state index contributed by atoms with van der Waals surface area (Å²) >= 11 is 1.20.